The van der Waals surface area contributed by atoms with E-state index in [2.05, 4.69) is 20.8 Å². The number of methoxy groups -OCH3 is 1. The zero-order valence-corrected chi connectivity index (χ0v) is 21.1. The lowest BCUT2D eigenvalue weighted by molar-refractivity contribution is -0.137. The second-order valence-electron chi connectivity index (χ2n) is 8.41. The molecule has 0 spiro atoms. The summed E-state index contributed by atoms with van der Waals surface area (Å²) in [6.07, 6.45) is 1.30. The van der Waals surface area contributed by atoms with Gasteiger partial charge >= 0.3 is 5.97 Å². The molecule has 1 atom stereocenters. The number of hydrogen-bond donors (Lipinski definition) is 2. The van der Waals surface area contributed by atoms with Gasteiger partial charge in [-0.15, -0.1) is 0 Å². The van der Waals surface area contributed by atoms with Crippen molar-refractivity contribution in [2.75, 3.05) is 7.11 Å². The predicted octanol–water partition coefficient (Wildman–Crippen LogP) is 3.62. The highest BCUT2D eigenvalue weighted by molar-refractivity contribution is 6.13. The molecule has 3 rings (SSSR count). The third kappa shape index (κ3) is 6.96. The number of hydrogen-bond acceptors (Lipinski definition) is 7. The van der Waals surface area contributed by atoms with E-state index in [4.69, 9.17) is 9.47 Å². The van der Waals surface area contributed by atoms with Crippen LogP contribution in [0.5, 0.6) is 11.5 Å². The van der Waals surface area contributed by atoms with E-state index in [9.17, 15) is 23.2 Å². The topological polar surface area (TPSA) is 119 Å². The summed E-state index contributed by atoms with van der Waals surface area (Å²) >= 11 is 0. The fraction of sp³-hybridized carbons (Fsp3) is 0.222. The first-order valence-electron chi connectivity index (χ1n) is 11.6. The van der Waals surface area contributed by atoms with E-state index in [-0.39, 0.29) is 22.9 Å². The number of halogens is 2. The number of carbonyl (C=O) groups excluding carboxylic acids is 3. The van der Waals surface area contributed by atoms with E-state index in [1.54, 1.807) is 13.8 Å². The Labute approximate surface area is 217 Å². The smallest absolute Gasteiger partial charge is 0.313 e. The van der Waals surface area contributed by atoms with Gasteiger partial charge in [0.1, 0.15) is 17.7 Å². The molecule has 0 bridgehead atoms. The number of hydrazone groups is 1. The number of esters is 1. The molecule has 0 aliphatic rings. The predicted molar refractivity (Wildman–Crippen MR) is 135 cm³/mol. The first-order valence-corrected chi connectivity index (χ1v) is 11.6. The van der Waals surface area contributed by atoms with Gasteiger partial charge < -0.3 is 14.8 Å². The van der Waals surface area contributed by atoms with Gasteiger partial charge in [0.25, 0.3) is 11.8 Å². The Balaban J connectivity index is 1.80. The largest absolute Gasteiger partial charge is 0.493 e. The van der Waals surface area contributed by atoms with Crippen molar-refractivity contribution in [3.63, 3.8) is 0 Å². The fourth-order valence-corrected chi connectivity index (χ4v) is 3.12. The quantitative estimate of drug-likeness (QED) is 0.251. The van der Waals surface area contributed by atoms with Gasteiger partial charge in [0.15, 0.2) is 11.4 Å². The van der Waals surface area contributed by atoms with Crippen molar-refractivity contribution in [2.24, 2.45) is 11.0 Å². The summed E-state index contributed by atoms with van der Waals surface area (Å²) in [5, 5.41) is 6.62. The Morgan fingerprint density at radius 2 is 1.45 bits per heavy atom. The third-order valence-corrected chi connectivity index (χ3v) is 5.23. The van der Waals surface area contributed by atoms with Crippen molar-refractivity contribution < 1.29 is 32.6 Å². The van der Waals surface area contributed by atoms with E-state index in [1.165, 1.54) is 74.8 Å². The molecule has 11 heteroatoms. The zero-order chi connectivity index (χ0) is 27.8. The van der Waals surface area contributed by atoms with Crippen molar-refractivity contribution in [3.05, 3.63) is 89.2 Å². The highest BCUT2D eigenvalue weighted by Gasteiger charge is 2.25. The number of aromatic nitrogens is 1. The number of rotatable bonds is 9. The van der Waals surface area contributed by atoms with Crippen LogP contribution in [0.4, 0.5) is 8.78 Å². The molecular weight excluding hydrogens is 498 g/mol. The number of carbonyl (C=O) groups is 3. The molecule has 0 aliphatic carbocycles. The number of nitrogens with zero attached hydrogens (tertiary/aromatic N) is 2. The third-order valence-electron chi connectivity index (χ3n) is 5.23. The highest BCUT2D eigenvalue weighted by Crippen LogP contribution is 2.30. The zero-order valence-electron chi connectivity index (χ0n) is 21.1. The molecule has 0 saturated heterocycles. The minimum absolute atomic E-state index is 0.115. The van der Waals surface area contributed by atoms with Crippen molar-refractivity contribution in [1.29, 1.82) is 0 Å². The van der Waals surface area contributed by atoms with Crippen molar-refractivity contribution >= 4 is 23.5 Å². The summed E-state index contributed by atoms with van der Waals surface area (Å²) < 4.78 is 37.4. The lowest BCUT2D eigenvalue weighted by Crippen LogP contribution is -2.44. The summed E-state index contributed by atoms with van der Waals surface area (Å²) in [5.41, 5.74) is 3.29. The van der Waals surface area contributed by atoms with Crippen LogP contribution >= 0.6 is 0 Å². The SMILES string of the molecule is COc1ccnc(C(=O)N[C@@H](C)C(=O)NN=C(c2ccc(F)cc2)c2ccc(F)cc2)c1OC(=O)C(C)C. The van der Waals surface area contributed by atoms with Gasteiger partial charge in [0.05, 0.1) is 18.7 Å². The molecule has 198 valence electrons. The van der Waals surface area contributed by atoms with Crippen LogP contribution in [0.15, 0.2) is 65.9 Å². The Hall–Kier alpha value is -4.67. The molecule has 9 nitrogen and oxygen atoms in total. The molecule has 2 aromatic carbocycles. The van der Waals surface area contributed by atoms with Crippen LogP contribution in [0.25, 0.3) is 0 Å². The first-order chi connectivity index (χ1) is 18.1. The molecule has 0 radical (unpaired) electrons. The number of pyridine rings is 1. The summed E-state index contributed by atoms with van der Waals surface area (Å²) in [6, 6.07) is 11.1. The lowest BCUT2D eigenvalue weighted by atomic mass is 10.0. The molecule has 1 heterocycles. The first kappa shape index (κ1) is 27.9. The minimum atomic E-state index is -1.10. The second-order valence-corrected chi connectivity index (χ2v) is 8.41. The Morgan fingerprint density at radius 1 is 0.895 bits per heavy atom. The van der Waals surface area contributed by atoms with Gasteiger partial charge in [-0.05, 0) is 55.5 Å². The normalized spacial score (nSPS) is 11.3. The molecule has 0 aliphatic heterocycles. The van der Waals surface area contributed by atoms with E-state index < -0.39 is 41.4 Å². The highest BCUT2D eigenvalue weighted by atomic mass is 19.1. The Kier molecular flexibility index (Phi) is 9.20. The Morgan fingerprint density at radius 3 is 1.95 bits per heavy atom. The van der Waals surface area contributed by atoms with Gasteiger partial charge in [-0.1, -0.05) is 13.8 Å². The van der Waals surface area contributed by atoms with Crippen LogP contribution < -0.4 is 20.2 Å². The average molecular weight is 525 g/mol. The van der Waals surface area contributed by atoms with Crippen LogP contribution in [0.2, 0.25) is 0 Å². The van der Waals surface area contributed by atoms with Crippen molar-refractivity contribution in [2.45, 2.75) is 26.8 Å². The van der Waals surface area contributed by atoms with Crippen molar-refractivity contribution in [3.8, 4) is 11.5 Å². The Bertz CT molecular complexity index is 1300. The van der Waals surface area contributed by atoms with Crippen molar-refractivity contribution in [1.82, 2.24) is 15.7 Å². The second kappa shape index (κ2) is 12.5. The monoisotopic (exact) mass is 524 g/mol. The minimum Gasteiger partial charge on any atom is -0.493 e. The van der Waals surface area contributed by atoms with Crippen LogP contribution in [-0.4, -0.2) is 41.6 Å². The summed E-state index contributed by atoms with van der Waals surface area (Å²) in [7, 11) is 1.34. The van der Waals surface area contributed by atoms with Gasteiger partial charge in [-0.3, -0.25) is 14.4 Å². The summed E-state index contributed by atoms with van der Waals surface area (Å²) in [5.74, 6) is -3.54. The van der Waals surface area contributed by atoms with E-state index in [0.717, 1.165) is 0 Å². The molecule has 2 N–H and O–H groups in total. The number of amides is 2. The molecule has 1 aromatic heterocycles. The molecule has 3 aromatic rings. The number of ether oxygens (including phenoxy) is 2. The summed E-state index contributed by atoms with van der Waals surface area (Å²) in [6.45, 7) is 4.67. The van der Waals surface area contributed by atoms with E-state index in [0.29, 0.717) is 11.1 Å². The van der Waals surface area contributed by atoms with Crippen LogP contribution in [-0.2, 0) is 9.59 Å². The molecule has 38 heavy (non-hydrogen) atoms. The summed E-state index contributed by atoms with van der Waals surface area (Å²) in [4.78, 5) is 41.9. The van der Waals surface area contributed by atoms with Crippen LogP contribution in [0.1, 0.15) is 42.4 Å². The van der Waals surface area contributed by atoms with Crippen LogP contribution in [0, 0.1) is 17.6 Å². The molecule has 0 unspecified atom stereocenters. The number of nitrogens with one attached hydrogen (secondary N) is 2. The van der Waals surface area contributed by atoms with Gasteiger partial charge in [0, 0.05) is 23.4 Å². The maximum absolute atomic E-state index is 13.4. The van der Waals surface area contributed by atoms with Crippen LogP contribution in [0.3, 0.4) is 0 Å². The molecule has 0 fully saturated rings. The molecule has 2 amide bonds. The van der Waals surface area contributed by atoms with Gasteiger partial charge in [-0.25, -0.2) is 19.2 Å². The van der Waals surface area contributed by atoms with Gasteiger partial charge in [0.2, 0.25) is 5.75 Å². The standard InChI is InChI=1S/C27H26F2N4O5/c1-15(2)27(36)38-24-21(37-4)13-14-30-23(24)26(35)31-16(3)25(34)33-32-22(17-5-9-19(28)10-6-17)18-7-11-20(29)12-8-18/h5-16H,1-4H3,(H,31,35)(H,33,34)/t16-/m0/s1. The number of benzene rings is 2. The maximum Gasteiger partial charge on any atom is 0.313 e. The lowest BCUT2D eigenvalue weighted by Gasteiger charge is -2.16. The average Bonchev–Trinajstić information content (AvgIpc) is 2.90. The van der Waals surface area contributed by atoms with Gasteiger partial charge in [-0.2, -0.15) is 5.10 Å². The fourth-order valence-electron chi connectivity index (χ4n) is 3.12. The van der Waals surface area contributed by atoms with E-state index in [1.807, 2.05) is 0 Å². The molecule has 0 saturated carbocycles. The maximum atomic E-state index is 13.4. The molecular formula is C27H26F2N4O5. The van der Waals surface area contributed by atoms with E-state index >= 15 is 0 Å².